The molecule has 1 aliphatic heterocycles. The Hall–Kier alpha value is -3.55. The average molecular weight is 425 g/mol. The summed E-state index contributed by atoms with van der Waals surface area (Å²) in [6.45, 7) is 2.02. The molecular formula is C23H24FN3O4. The summed E-state index contributed by atoms with van der Waals surface area (Å²) >= 11 is 0. The van der Waals surface area contributed by atoms with E-state index in [-0.39, 0.29) is 49.9 Å². The van der Waals surface area contributed by atoms with E-state index in [9.17, 15) is 18.8 Å². The summed E-state index contributed by atoms with van der Waals surface area (Å²) in [5.74, 6) is -1.66. The predicted molar refractivity (Wildman–Crippen MR) is 112 cm³/mol. The van der Waals surface area contributed by atoms with E-state index < -0.39 is 17.9 Å². The summed E-state index contributed by atoms with van der Waals surface area (Å²) in [6.07, 6.45) is 0.568. The van der Waals surface area contributed by atoms with Gasteiger partial charge in [0.2, 0.25) is 5.91 Å². The number of amides is 2. The van der Waals surface area contributed by atoms with Crippen molar-refractivity contribution in [3.63, 3.8) is 0 Å². The molecule has 1 unspecified atom stereocenters. The van der Waals surface area contributed by atoms with Crippen LogP contribution in [-0.4, -0.2) is 41.2 Å². The number of nitrogens with one attached hydrogen (secondary N) is 1. The summed E-state index contributed by atoms with van der Waals surface area (Å²) in [7, 11) is 0. The highest BCUT2D eigenvalue weighted by Gasteiger charge is 2.28. The number of esters is 1. The molecule has 3 rings (SSSR count). The lowest BCUT2D eigenvalue weighted by Gasteiger charge is -2.24. The van der Waals surface area contributed by atoms with E-state index in [2.05, 4.69) is 10.4 Å². The second-order valence-corrected chi connectivity index (χ2v) is 7.09. The van der Waals surface area contributed by atoms with Crippen molar-refractivity contribution in [3.8, 4) is 0 Å². The Kier molecular flexibility index (Phi) is 7.48. The van der Waals surface area contributed by atoms with Crippen molar-refractivity contribution in [2.75, 3.05) is 6.61 Å². The van der Waals surface area contributed by atoms with Crippen LogP contribution in [0.25, 0.3) is 0 Å². The first kappa shape index (κ1) is 22.1. The maximum Gasteiger partial charge on any atom is 0.328 e. The van der Waals surface area contributed by atoms with Gasteiger partial charge in [0.15, 0.2) is 0 Å². The van der Waals surface area contributed by atoms with Gasteiger partial charge in [-0.3, -0.25) is 9.59 Å². The van der Waals surface area contributed by atoms with Gasteiger partial charge in [0, 0.05) is 19.3 Å². The number of hydrogen-bond donors (Lipinski definition) is 1. The zero-order valence-electron chi connectivity index (χ0n) is 17.2. The molecule has 0 aliphatic carbocycles. The summed E-state index contributed by atoms with van der Waals surface area (Å²) in [5, 5.41) is 8.08. The zero-order chi connectivity index (χ0) is 22.2. The van der Waals surface area contributed by atoms with Crippen LogP contribution in [0, 0.1) is 5.82 Å². The molecule has 1 N–H and O–H groups in total. The van der Waals surface area contributed by atoms with Crippen molar-refractivity contribution in [1.82, 2.24) is 10.3 Å². The third-order valence-electron chi connectivity index (χ3n) is 4.77. The quantitative estimate of drug-likeness (QED) is 0.659. The van der Waals surface area contributed by atoms with Gasteiger partial charge in [-0.15, -0.1) is 0 Å². The maximum atomic E-state index is 13.1. The topological polar surface area (TPSA) is 88.1 Å². The molecule has 1 heterocycles. The van der Waals surface area contributed by atoms with E-state index >= 15 is 0 Å². The molecule has 8 heteroatoms. The third kappa shape index (κ3) is 6.21. The molecule has 2 aromatic carbocycles. The number of carbonyl (C=O) groups is 3. The average Bonchev–Trinajstić information content (AvgIpc) is 2.77. The minimum absolute atomic E-state index is 0.121. The zero-order valence-corrected chi connectivity index (χ0v) is 17.2. The van der Waals surface area contributed by atoms with Crippen molar-refractivity contribution in [3.05, 3.63) is 71.5 Å². The Balaban J connectivity index is 1.72. The van der Waals surface area contributed by atoms with Crippen LogP contribution in [0.5, 0.6) is 0 Å². The van der Waals surface area contributed by atoms with Gasteiger partial charge in [0.25, 0.3) is 5.91 Å². The van der Waals surface area contributed by atoms with Gasteiger partial charge in [0.1, 0.15) is 17.6 Å². The highest BCUT2D eigenvalue weighted by atomic mass is 19.1. The van der Waals surface area contributed by atoms with Crippen LogP contribution in [0.15, 0.2) is 59.7 Å². The van der Waals surface area contributed by atoms with Crippen molar-refractivity contribution in [2.45, 2.75) is 38.8 Å². The van der Waals surface area contributed by atoms with Gasteiger partial charge in [-0.2, -0.15) is 5.10 Å². The minimum atomic E-state index is -0.874. The molecule has 7 nitrogen and oxygen atoms in total. The van der Waals surface area contributed by atoms with Crippen molar-refractivity contribution in [2.24, 2.45) is 5.10 Å². The summed E-state index contributed by atoms with van der Waals surface area (Å²) in [5.41, 5.74) is 1.72. The smallest absolute Gasteiger partial charge is 0.328 e. The molecule has 0 radical (unpaired) electrons. The molecule has 31 heavy (non-hydrogen) atoms. The lowest BCUT2D eigenvalue weighted by Crippen LogP contribution is -2.47. The van der Waals surface area contributed by atoms with Gasteiger partial charge in [-0.1, -0.05) is 42.5 Å². The van der Waals surface area contributed by atoms with Crippen LogP contribution in [-0.2, 0) is 32.1 Å². The number of ether oxygens (including phenoxy) is 1. The van der Waals surface area contributed by atoms with E-state index in [0.717, 1.165) is 5.56 Å². The van der Waals surface area contributed by atoms with E-state index in [1.54, 1.807) is 19.1 Å². The Bertz CT molecular complexity index is 961. The Labute approximate surface area is 179 Å². The molecule has 0 bridgehead atoms. The number of nitrogens with zero attached hydrogens (tertiary/aromatic N) is 2. The SMILES string of the molecule is CCOC(=O)C(Cc1ccccc1)NC(=O)C1=NN(Cc2ccc(F)cc2)C(=O)CC1. The molecule has 0 saturated heterocycles. The number of carbonyl (C=O) groups excluding carboxylic acids is 3. The van der Waals surface area contributed by atoms with Crippen molar-refractivity contribution < 1.29 is 23.5 Å². The van der Waals surface area contributed by atoms with Crippen LogP contribution in [0.2, 0.25) is 0 Å². The van der Waals surface area contributed by atoms with E-state index in [1.165, 1.54) is 17.1 Å². The molecule has 0 spiro atoms. The summed E-state index contributed by atoms with van der Waals surface area (Å²) < 4.78 is 18.2. The fraction of sp³-hybridized carbons (Fsp3) is 0.304. The molecule has 0 fully saturated rings. The summed E-state index contributed by atoms with van der Waals surface area (Å²) in [4.78, 5) is 37.4. The highest BCUT2D eigenvalue weighted by molar-refractivity contribution is 6.39. The number of hydrazone groups is 1. The second kappa shape index (κ2) is 10.5. The van der Waals surface area contributed by atoms with Gasteiger partial charge in [0.05, 0.1) is 13.2 Å². The first-order valence-electron chi connectivity index (χ1n) is 10.1. The molecule has 2 aromatic rings. The lowest BCUT2D eigenvalue weighted by molar-refractivity contribution is -0.146. The van der Waals surface area contributed by atoms with E-state index in [0.29, 0.717) is 5.56 Å². The number of benzene rings is 2. The molecule has 1 atom stereocenters. The monoisotopic (exact) mass is 425 g/mol. The van der Waals surface area contributed by atoms with E-state index in [4.69, 9.17) is 4.74 Å². The Morgan fingerprint density at radius 1 is 1.10 bits per heavy atom. The van der Waals surface area contributed by atoms with Crippen LogP contribution >= 0.6 is 0 Å². The van der Waals surface area contributed by atoms with E-state index in [1.807, 2.05) is 30.3 Å². The van der Waals surface area contributed by atoms with Gasteiger partial charge in [-0.05, 0) is 30.2 Å². The standard InChI is InChI=1S/C23H24FN3O4/c1-2-31-23(30)20(14-16-6-4-3-5-7-16)25-22(29)19-12-13-21(28)27(26-19)15-17-8-10-18(24)11-9-17/h3-11,20H,2,12-15H2,1H3,(H,25,29). The maximum absolute atomic E-state index is 13.1. The third-order valence-corrected chi connectivity index (χ3v) is 4.77. The number of hydrogen-bond acceptors (Lipinski definition) is 5. The Morgan fingerprint density at radius 2 is 1.81 bits per heavy atom. The molecule has 0 saturated carbocycles. The molecule has 1 aliphatic rings. The van der Waals surface area contributed by atoms with Crippen molar-refractivity contribution >= 4 is 23.5 Å². The first-order valence-corrected chi connectivity index (χ1v) is 10.1. The fourth-order valence-corrected chi connectivity index (χ4v) is 3.18. The minimum Gasteiger partial charge on any atom is -0.464 e. The lowest BCUT2D eigenvalue weighted by atomic mass is 10.0. The van der Waals surface area contributed by atoms with Crippen LogP contribution < -0.4 is 5.32 Å². The number of rotatable bonds is 8. The Morgan fingerprint density at radius 3 is 2.48 bits per heavy atom. The van der Waals surface area contributed by atoms with Crippen LogP contribution in [0.3, 0.4) is 0 Å². The molecule has 162 valence electrons. The highest BCUT2D eigenvalue weighted by Crippen LogP contribution is 2.15. The molecule has 2 amide bonds. The van der Waals surface area contributed by atoms with Crippen molar-refractivity contribution in [1.29, 1.82) is 0 Å². The van der Waals surface area contributed by atoms with Crippen LogP contribution in [0.4, 0.5) is 4.39 Å². The largest absolute Gasteiger partial charge is 0.464 e. The number of halogens is 1. The molecule has 0 aromatic heterocycles. The first-order chi connectivity index (χ1) is 15.0. The molecular weight excluding hydrogens is 401 g/mol. The normalized spacial score (nSPS) is 14.6. The van der Waals surface area contributed by atoms with Gasteiger partial charge in [-0.25, -0.2) is 14.2 Å². The van der Waals surface area contributed by atoms with Gasteiger partial charge < -0.3 is 10.1 Å². The summed E-state index contributed by atoms with van der Waals surface area (Å²) in [6, 6.07) is 14.1. The predicted octanol–water partition coefficient (Wildman–Crippen LogP) is 2.59. The second-order valence-electron chi connectivity index (χ2n) is 7.09. The fourth-order valence-electron chi connectivity index (χ4n) is 3.18. The van der Waals surface area contributed by atoms with Gasteiger partial charge >= 0.3 is 5.97 Å². The van der Waals surface area contributed by atoms with Crippen LogP contribution in [0.1, 0.15) is 30.9 Å².